The zero-order valence-corrected chi connectivity index (χ0v) is 11.7. The number of carbonyl (C=O) groups excluding carboxylic acids is 1. The van der Waals surface area contributed by atoms with E-state index in [2.05, 4.69) is 0 Å². The third-order valence-corrected chi connectivity index (χ3v) is 5.14. The lowest BCUT2D eigenvalue weighted by Gasteiger charge is -2.15. The van der Waals surface area contributed by atoms with Crippen molar-refractivity contribution in [1.29, 1.82) is 0 Å². The van der Waals surface area contributed by atoms with E-state index in [1.54, 1.807) is 0 Å². The Morgan fingerprint density at radius 1 is 1.44 bits per heavy atom. The van der Waals surface area contributed by atoms with Crippen LogP contribution in [0.2, 0.25) is 0 Å². The minimum Gasteiger partial charge on any atom is -0.465 e. The van der Waals surface area contributed by atoms with Crippen molar-refractivity contribution in [2.75, 3.05) is 12.8 Å². The SMILES string of the molecule is CCOC(=O)C1(c2ccc([Si@H](N)CO)cc2)CC1. The minimum absolute atomic E-state index is 0.0579. The highest BCUT2D eigenvalue weighted by Crippen LogP contribution is 2.48. The average Bonchev–Trinajstić information content (AvgIpc) is 3.20. The van der Waals surface area contributed by atoms with Gasteiger partial charge in [-0.2, -0.15) is 0 Å². The van der Waals surface area contributed by atoms with Crippen molar-refractivity contribution in [2.45, 2.75) is 25.2 Å². The first-order chi connectivity index (χ1) is 8.64. The first kappa shape index (κ1) is 13.3. The predicted molar refractivity (Wildman–Crippen MR) is 72.0 cm³/mol. The molecule has 0 amide bonds. The summed E-state index contributed by atoms with van der Waals surface area (Å²) >= 11 is 0. The van der Waals surface area contributed by atoms with Gasteiger partial charge < -0.3 is 15.2 Å². The van der Waals surface area contributed by atoms with E-state index in [-0.39, 0.29) is 12.2 Å². The van der Waals surface area contributed by atoms with Gasteiger partial charge in [-0.05, 0) is 30.5 Å². The maximum Gasteiger partial charge on any atom is 0.316 e. The summed E-state index contributed by atoms with van der Waals surface area (Å²) in [7, 11) is -1.69. The van der Waals surface area contributed by atoms with E-state index in [0.29, 0.717) is 6.61 Å². The fourth-order valence-corrected chi connectivity index (χ4v) is 3.06. The number of nitrogens with two attached hydrogens (primary N) is 1. The summed E-state index contributed by atoms with van der Waals surface area (Å²) in [6.07, 6.45) is 1.77. The molecule has 1 fully saturated rings. The molecule has 3 N–H and O–H groups in total. The smallest absolute Gasteiger partial charge is 0.316 e. The topological polar surface area (TPSA) is 72.5 Å². The molecule has 0 aliphatic heterocycles. The molecule has 5 heteroatoms. The van der Waals surface area contributed by atoms with Crippen LogP contribution in [0, 0.1) is 0 Å². The summed E-state index contributed by atoms with van der Waals surface area (Å²) in [6.45, 7) is 2.24. The van der Waals surface area contributed by atoms with Gasteiger partial charge in [-0.1, -0.05) is 24.3 Å². The average molecular weight is 265 g/mol. The maximum atomic E-state index is 11.9. The van der Waals surface area contributed by atoms with Crippen LogP contribution in [0.3, 0.4) is 0 Å². The lowest BCUT2D eigenvalue weighted by atomic mass is 9.96. The lowest BCUT2D eigenvalue weighted by Crippen LogP contribution is -2.43. The second-order valence-corrected chi connectivity index (χ2v) is 6.96. The van der Waals surface area contributed by atoms with Crippen molar-refractivity contribution in [3.63, 3.8) is 0 Å². The van der Waals surface area contributed by atoms with Gasteiger partial charge in [0.25, 0.3) is 0 Å². The number of ether oxygens (including phenoxy) is 1. The molecule has 0 saturated heterocycles. The van der Waals surface area contributed by atoms with Crippen molar-refractivity contribution in [2.24, 2.45) is 5.40 Å². The van der Waals surface area contributed by atoms with E-state index < -0.39 is 14.4 Å². The van der Waals surface area contributed by atoms with Gasteiger partial charge in [0.05, 0.1) is 18.3 Å². The molecule has 4 nitrogen and oxygen atoms in total. The van der Waals surface area contributed by atoms with Crippen LogP contribution in [0.4, 0.5) is 0 Å². The number of hydrogen-bond donors (Lipinski definition) is 2. The molecule has 0 heterocycles. The van der Waals surface area contributed by atoms with Gasteiger partial charge in [0.1, 0.15) is 0 Å². The van der Waals surface area contributed by atoms with Crippen LogP contribution >= 0.6 is 0 Å². The number of esters is 1. The Labute approximate surface area is 108 Å². The van der Waals surface area contributed by atoms with Gasteiger partial charge in [-0.15, -0.1) is 0 Å². The highest BCUT2D eigenvalue weighted by Gasteiger charge is 2.52. The number of aliphatic hydroxyl groups is 1. The van der Waals surface area contributed by atoms with Gasteiger partial charge in [-0.3, -0.25) is 4.79 Å². The van der Waals surface area contributed by atoms with Crippen LogP contribution in [-0.4, -0.2) is 32.9 Å². The second kappa shape index (κ2) is 5.22. The first-order valence-corrected chi connectivity index (χ1v) is 8.34. The quantitative estimate of drug-likeness (QED) is 0.566. The molecule has 18 heavy (non-hydrogen) atoms. The number of benzene rings is 1. The van der Waals surface area contributed by atoms with Gasteiger partial charge in [-0.25, -0.2) is 0 Å². The molecule has 1 aromatic rings. The molecule has 98 valence electrons. The molecule has 1 aliphatic carbocycles. The van der Waals surface area contributed by atoms with Gasteiger partial charge in [0, 0.05) is 0 Å². The molecule has 2 rings (SSSR count). The zero-order valence-electron chi connectivity index (χ0n) is 10.6. The van der Waals surface area contributed by atoms with Crippen molar-refractivity contribution in [3.05, 3.63) is 29.8 Å². The largest absolute Gasteiger partial charge is 0.465 e. The van der Waals surface area contributed by atoms with Crippen molar-refractivity contribution < 1.29 is 14.6 Å². The van der Waals surface area contributed by atoms with Gasteiger partial charge in [0.15, 0.2) is 8.96 Å². The Morgan fingerprint density at radius 2 is 2.06 bits per heavy atom. The van der Waals surface area contributed by atoms with Crippen LogP contribution in [0.15, 0.2) is 24.3 Å². The summed E-state index contributed by atoms with van der Waals surface area (Å²) in [5, 5.41) is 15.9. The highest BCUT2D eigenvalue weighted by atomic mass is 28.3. The summed E-state index contributed by atoms with van der Waals surface area (Å²) in [4.78, 5) is 11.9. The number of hydrogen-bond acceptors (Lipinski definition) is 4. The molecule has 1 atom stereocenters. The fraction of sp³-hybridized carbons (Fsp3) is 0.462. The Hall–Kier alpha value is -1.17. The maximum absolute atomic E-state index is 11.9. The number of carbonyl (C=O) groups is 1. The lowest BCUT2D eigenvalue weighted by molar-refractivity contribution is -0.146. The minimum atomic E-state index is -1.69. The highest BCUT2D eigenvalue weighted by molar-refractivity contribution is 6.70. The Morgan fingerprint density at radius 3 is 2.50 bits per heavy atom. The number of aliphatic hydroxyl groups excluding tert-OH is 1. The Balaban J connectivity index is 2.17. The summed E-state index contributed by atoms with van der Waals surface area (Å²) in [6, 6.07) is 7.76. The summed E-state index contributed by atoms with van der Waals surface area (Å²) < 4.78 is 5.13. The van der Waals surface area contributed by atoms with E-state index in [1.807, 2.05) is 31.2 Å². The monoisotopic (exact) mass is 265 g/mol. The molecule has 1 saturated carbocycles. The van der Waals surface area contributed by atoms with Gasteiger partial charge >= 0.3 is 5.97 Å². The van der Waals surface area contributed by atoms with Crippen LogP contribution in [0.25, 0.3) is 0 Å². The van der Waals surface area contributed by atoms with Crippen molar-refractivity contribution in [3.8, 4) is 0 Å². The second-order valence-electron chi connectivity index (χ2n) is 4.71. The van der Waals surface area contributed by atoms with Crippen molar-refractivity contribution >= 4 is 20.1 Å². The normalized spacial score (nSPS) is 18.2. The summed E-state index contributed by atoms with van der Waals surface area (Å²) in [5.74, 6) is -0.124. The Kier molecular flexibility index (Phi) is 3.84. The fourth-order valence-electron chi connectivity index (χ4n) is 2.16. The molecule has 1 aromatic carbocycles. The van der Waals surface area contributed by atoms with Crippen molar-refractivity contribution in [1.82, 2.24) is 0 Å². The summed E-state index contributed by atoms with van der Waals surface area (Å²) in [5.41, 5.74) is 0.586. The third kappa shape index (κ3) is 2.34. The molecule has 0 spiro atoms. The molecule has 0 radical (unpaired) electrons. The van der Waals surface area contributed by atoms with Crippen LogP contribution in [-0.2, 0) is 14.9 Å². The zero-order chi connectivity index (χ0) is 13.2. The van der Waals surface area contributed by atoms with E-state index in [9.17, 15) is 4.79 Å². The number of rotatable bonds is 5. The van der Waals surface area contributed by atoms with Crippen LogP contribution in [0.5, 0.6) is 0 Å². The molecular formula is C13H19NO3Si. The standard InChI is InChI=1S/C13H19NO3Si/c1-2-17-12(16)13(7-8-13)10-3-5-11(6-4-10)18(14)9-15/h3-6,15,18H,2,7-9,14H2,1H3/t18-/m1/s1. The van der Waals surface area contributed by atoms with E-state index in [0.717, 1.165) is 23.6 Å². The predicted octanol–water partition coefficient (Wildman–Crippen LogP) is -0.298. The molecule has 0 bridgehead atoms. The van der Waals surface area contributed by atoms with E-state index in [4.69, 9.17) is 15.2 Å². The third-order valence-electron chi connectivity index (χ3n) is 3.50. The van der Waals surface area contributed by atoms with Crippen LogP contribution < -0.4 is 10.6 Å². The van der Waals surface area contributed by atoms with Crippen LogP contribution in [0.1, 0.15) is 25.3 Å². The first-order valence-electron chi connectivity index (χ1n) is 6.28. The molecule has 1 aliphatic rings. The molecular weight excluding hydrogens is 246 g/mol. The van der Waals surface area contributed by atoms with E-state index >= 15 is 0 Å². The van der Waals surface area contributed by atoms with E-state index in [1.165, 1.54) is 0 Å². The Bertz CT molecular complexity index is 428. The molecule has 0 unspecified atom stereocenters. The molecule has 0 aromatic heterocycles. The van der Waals surface area contributed by atoms with Gasteiger partial charge in [0.2, 0.25) is 0 Å².